The SMILES string of the molecule is CC(C)C(CC(=O)N1CCC1C(=O)O)NC(=O)OCC1c2ccccc2-c2ccccc21. The van der Waals surface area contributed by atoms with Gasteiger partial charge in [0.1, 0.15) is 12.6 Å². The molecule has 168 valence electrons. The number of ether oxygens (including phenoxy) is 1. The van der Waals surface area contributed by atoms with Crippen LogP contribution in [-0.4, -0.2) is 53.2 Å². The molecule has 1 heterocycles. The Kier molecular flexibility index (Phi) is 6.17. The number of carbonyl (C=O) groups is 3. The Labute approximate surface area is 187 Å². The lowest BCUT2D eigenvalue weighted by Gasteiger charge is -2.39. The summed E-state index contributed by atoms with van der Waals surface area (Å²) in [6.07, 6.45) is -0.0597. The van der Waals surface area contributed by atoms with Crippen LogP contribution in [0, 0.1) is 5.92 Å². The minimum atomic E-state index is -0.991. The van der Waals surface area contributed by atoms with Gasteiger partial charge in [-0.15, -0.1) is 0 Å². The second kappa shape index (κ2) is 9.02. The molecule has 32 heavy (non-hydrogen) atoms. The maximum Gasteiger partial charge on any atom is 0.407 e. The van der Waals surface area contributed by atoms with Crippen molar-refractivity contribution >= 4 is 18.0 Å². The number of rotatable bonds is 7. The predicted molar refractivity (Wildman–Crippen MR) is 119 cm³/mol. The molecule has 2 atom stereocenters. The lowest BCUT2D eigenvalue weighted by atomic mass is 9.97. The summed E-state index contributed by atoms with van der Waals surface area (Å²) in [6.45, 7) is 4.45. The van der Waals surface area contributed by atoms with Gasteiger partial charge in [-0.2, -0.15) is 0 Å². The molecular weight excluding hydrogens is 408 g/mol. The third-order valence-electron chi connectivity index (χ3n) is 6.47. The van der Waals surface area contributed by atoms with Crippen molar-refractivity contribution in [2.75, 3.05) is 13.2 Å². The Bertz CT molecular complexity index is 989. The summed E-state index contributed by atoms with van der Waals surface area (Å²) in [5.74, 6) is -1.30. The number of aliphatic carboxylic acids is 1. The van der Waals surface area contributed by atoms with E-state index in [1.165, 1.54) is 4.90 Å². The van der Waals surface area contributed by atoms with Crippen LogP contribution in [0.25, 0.3) is 11.1 Å². The third kappa shape index (κ3) is 4.20. The average Bonchev–Trinajstić information content (AvgIpc) is 3.04. The summed E-state index contributed by atoms with van der Waals surface area (Å²) in [6, 6.07) is 15.1. The number of carbonyl (C=O) groups excluding carboxylic acids is 2. The van der Waals surface area contributed by atoms with Crippen molar-refractivity contribution in [3.8, 4) is 11.1 Å². The summed E-state index contributed by atoms with van der Waals surface area (Å²) in [4.78, 5) is 37.7. The fraction of sp³-hybridized carbons (Fsp3) is 0.400. The van der Waals surface area contributed by atoms with Crippen molar-refractivity contribution < 1.29 is 24.2 Å². The molecule has 0 bridgehead atoms. The molecule has 1 aliphatic heterocycles. The van der Waals surface area contributed by atoms with Gasteiger partial charge in [0.2, 0.25) is 5.91 Å². The second-order valence-corrected chi connectivity index (χ2v) is 8.75. The van der Waals surface area contributed by atoms with Crippen LogP contribution >= 0.6 is 0 Å². The van der Waals surface area contributed by atoms with Gasteiger partial charge >= 0.3 is 12.1 Å². The van der Waals surface area contributed by atoms with E-state index in [-0.39, 0.29) is 30.8 Å². The van der Waals surface area contributed by atoms with Gasteiger partial charge < -0.3 is 20.1 Å². The van der Waals surface area contributed by atoms with E-state index in [1.54, 1.807) is 0 Å². The predicted octanol–water partition coefficient (Wildman–Crippen LogP) is 3.63. The normalized spacial score (nSPS) is 17.8. The fourth-order valence-electron chi connectivity index (χ4n) is 4.49. The summed E-state index contributed by atoms with van der Waals surface area (Å²) in [7, 11) is 0. The zero-order valence-corrected chi connectivity index (χ0v) is 18.3. The maximum atomic E-state index is 12.6. The molecule has 0 saturated carbocycles. The van der Waals surface area contributed by atoms with Gasteiger partial charge in [-0.1, -0.05) is 62.4 Å². The number of nitrogens with zero attached hydrogens (tertiary/aromatic N) is 1. The molecule has 2 N–H and O–H groups in total. The van der Waals surface area contributed by atoms with Gasteiger partial charge in [0.15, 0.2) is 0 Å². The van der Waals surface area contributed by atoms with Gasteiger partial charge in [-0.25, -0.2) is 9.59 Å². The van der Waals surface area contributed by atoms with Crippen LogP contribution in [0.1, 0.15) is 43.7 Å². The molecule has 2 aromatic rings. The maximum absolute atomic E-state index is 12.6. The summed E-state index contributed by atoms with van der Waals surface area (Å²) in [5, 5.41) is 12.0. The molecule has 1 fully saturated rings. The molecule has 0 spiro atoms. The van der Waals surface area contributed by atoms with E-state index in [4.69, 9.17) is 4.74 Å². The van der Waals surface area contributed by atoms with Crippen molar-refractivity contribution in [1.29, 1.82) is 0 Å². The zero-order valence-electron chi connectivity index (χ0n) is 18.3. The average molecular weight is 437 g/mol. The van der Waals surface area contributed by atoms with Gasteiger partial charge in [-0.3, -0.25) is 4.79 Å². The molecule has 2 unspecified atom stereocenters. The molecule has 7 heteroatoms. The highest BCUT2D eigenvalue weighted by molar-refractivity contribution is 5.86. The van der Waals surface area contributed by atoms with E-state index < -0.39 is 24.1 Å². The quantitative estimate of drug-likeness (QED) is 0.691. The van der Waals surface area contributed by atoms with Crippen LogP contribution < -0.4 is 5.32 Å². The molecule has 7 nitrogen and oxygen atoms in total. The van der Waals surface area contributed by atoms with Crippen LogP contribution in [0.15, 0.2) is 48.5 Å². The van der Waals surface area contributed by atoms with Crippen LogP contribution in [0.4, 0.5) is 4.79 Å². The van der Waals surface area contributed by atoms with E-state index in [0.29, 0.717) is 13.0 Å². The number of benzene rings is 2. The Morgan fingerprint density at radius 2 is 1.66 bits per heavy atom. The van der Waals surface area contributed by atoms with Gasteiger partial charge in [0.25, 0.3) is 0 Å². The van der Waals surface area contributed by atoms with Crippen LogP contribution in [0.3, 0.4) is 0 Å². The highest BCUT2D eigenvalue weighted by atomic mass is 16.5. The molecule has 2 amide bonds. The molecule has 0 radical (unpaired) electrons. The first-order valence-electron chi connectivity index (χ1n) is 11.0. The number of alkyl carbamates (subject to hydrolysis) is 1. The van der Waals surface area contributed by atoms with Crippen LogP contribution in [0.5, 0.6) is 0 Å². The molecule has 2 aliphatic rings. The third-order valence-corrected chi connectivity index (χ3v) is 6.47. The van der Waals surface area contributed by atoms with Crippen molar-refractivity contribution in [2.24, 2.45) is 5.92 Å². The van der Waals surface area contributed by atoms with Gasteiger partial charge in [0, 0.05) is 24.9 Å². The smallest absolute Gasteiger partial charge is 0.407 e. The number of nitrogens with one attached hydrogen (secondary N) is 1. The standard InChI is InChI=1S/C25H28N2O5/c1-15(2)21(13-23(28)27-12-11-22(27)24(29)30)26-25(31)32-14-20-18-9-5-3-7-16(18)17-8-4-6-10-19(17)20/h3-10,15,20-22H,11-14H2,1-2H3,(H,26,31)(H,29,30). The Morgan fingerprint density at radius 3 is 2.16 bits per heavy atom. The number of hydrogen-bond acceptors (Lipinski definition) is 4. The molecule has 4 rings (SSSR count). The molecule has 1 aliphatic carbocycles. The number of amides is 2. The summed E-state index contributed by atoms with van der Waals surface area (Å²) in [5.41, 5.74) is 4.58. The van der Waals surface area contributed by atoms with Gasteiger partial charge in [0.05, 0.1) is 0 Å². The highest BCUT2D eigenvalue weighted by Crippen LogP contribution is 2.44. The van der Waals surface area contributed by atoms with Crippen molar-refractivity contribution in [3.05, 3.63) is 59.7 Å². The summed E-state index contributed by atoms with van der Waals surface area (Å²) >= 11 is 0. The molecule has 0 aromatic heterocycles. The molecular formula is C25H28N2O5. The Morgan fingerprint density at radius 1 is 1.06 bits per heavy atom. The Hall–Kier alpha value is -3.35. The largest absolute Gasteiger partial charge is 0.480 e. The molecule has 1 saturated heterocycles. The lowest BCUT2D eigenvalue weighted by molar-refractivity contribution is -0.157. The first kappa shape index (κ1) is 21.9. The first-order chi connectivity index (χ1) is 15.4. The van der Waals surface area contributed by atoms with Crippen LogP contribution in [0.2, 0.25) is 0 Å². The van der Waals surface area contributed by atoms with Crippen molar-refractivity contribution in [1.82, 2.24) is 10.2 Å². The number of hydrogen-bond donors (Lipinski definition) is 2. The minimum Gasteiger partial charge on any atom is -0.480 e. The van der Waals surface area contributed by atoms with Crippen molar-refractivity contribution in [2.45, 2.75) is 44.7 Å². The van der Waals surface area contributed by atoms with Gasteiger partial charge in [-0.05, 0) is 34.6 Å². The number of likely N-dealkylation sites (tertiary alicyclic amines) is 1. The number of carboxylic acid groups (broad SMARTS) is 1. The summed E-state index contributed by atoms with van der Waals surface area (Å²) < 4.78 is 5.59. The van der Waals surface area contributed by atoms with E-state index >= 15 is 0 Å². The van der Waals surface area contributed by atoms with Crippen molar-refractivity contribution in [3.63, 3.8) is 0 Å². The van der Waals surface area contributed by atoms with Crippen LogP contribution in [-0.2, 0) is 14.3 Å². The lowest BCUT2D eigenvalue weighted by Crippen LogP contribution is -2.56. The fourth-order valence-corrected chi connectivity index (χ4v) is 4.49. The Balaban J connectivity index is 1.37. The second-order valence-electron chi connectivity index (χ2n) is 8.75. The zero-order chi connectivity index (χ0) is 22.8. The first-order valence-corrected chi connectivity index (χ1v) is 11.0. The molecule has 2 aromatic carbocycles. The van der Waals surface area contributed by atoms with E-state index in [9.17, 15) is 19.5 Å². The highest BCUT2D eigenvalue weighted by Gasteiger charge is 2.38. The number of carboxylic acids is 1. The number of fused-ring (bicyclic) bond motifs is 3. The van der Waals surface area contributed by atoms with E-state index in [0.717, 1.165) is 22.3 Å². The van der Waals surface area contributed by atoms with E-state index in [1.807, 2.05) is 38.1 Å². The topological polar surface area (TPSA) is 95.9 Å². The minimum absolute atomic E-state index is 0.0102. The van der Waals surface area contributed by atoms with E-state index in [2.05, 4.69) is 29.6 Å². The monoisotopic (exact) mass is 436 g/mol.